The van der Waals surface area contributed by atoms with Crippen molar-refractivity contribution in [3.8, 4) is 0 Å². The highest BCUT2D eigenvalue weighted by atomic mass is 16.5. The second kappa shape index (κ2) is 8.16. The van der Waals surface area contributed by atoms with Crippen LogP contribution in [-0.2, 0) is 11.3 Å². The van der Waals surface area contributed by atoms with E-state index in [2.05, 4.69) is 58.0 Å². The normalized spacial score (nSPS) is 11.4. The molecule has 0 spiro atoms. The molecule has 1 aromatic carbocycles. The van der Waals surface area contributed by atoms with Crippen molar-refractivity contribution in [2.75, 3.05) is 6.61 Å². The van der Waals surface area contributed by atoms with Gasteiger partial charge in [0.05, 0.1) is 6.61 Å². The van der Waals surface area contributed by atoms with Gasteiger partial charge in [-0.3, -0.25) is 0 Å². The zero-order valence-corrected chi connectivity index (χ0v) is 12.9. The second-order valence-corrected chi connectivity index (χ2v) is 6.27. The third-order valence-electron chi connectivity index (χ3n) is 3.41. The van der Waals surface area contributed by atoms with Gasteiger partial charge in [-0.1, -0.05) is 55.8 Å². The maximum absolute atomic E-state index is 5.77. The average Bonchev–Trinajstić information content (AvgIpc) is 2.35. The number of benzene rings is 1. The van der Waals surface area contributed by atoms with Crippen molar-refractivity contribution in [1.29, 1.82) is 0 Å². The molecule has 0 atom stereocenters. The van der Waals surface area contributed by atoms with E-state index in [0.717, 1.165) is 19.6 Å². The minimum absolute atomic E-state index is 0.364. The fourth-order valence-electron chi connectivity index (χ4n) is 1.99. The summed E-state index contributed by atoms with van der Waals surface area (Å²) in [5.41, 5.74) is 3.03. The molecule has 0 aromatic heterocycles. The first kappa shape index (κ1) is 16.0. The highest BCUT2D eigenvalue weighted by Crippen LogP contribution is 2.27. The Kier molecular flexibility index (Phi) is 6.86. The van der Waals surface area contributed by atoms with E-state index in [-0.39, 0.29) is 0 Å². The number of ether oxygens (including phenoxy) is 1. The van der Waals surface area contributed by atoms with Gasteiger partial charge in [-0.05, 0) is 44.1 Å². The van der Waals surface area contributed by atoms with Gasteiger partial charge in [0.2, 0.25) is 0 Å². The molecular formula is C18H28O. The Bertz CT molecular complexity index is 372. The SMILES string of the molecule is CC(C)=CCCC(C)(C)CCOCc1ccccc1. The summed E-state index contributed by atoms with van der Waals surface area (Å²) in [5, 5.41) is 0. The van der Waals surface area contributed by atoms with E-state index in [1.807, 2.05) is 6.07 Å². The number of hydrogen-bond acceptors (Lipinski definition) is 1. The molecule has 1 rings (SSSR count). The lowest BCUT2D eigenvalue weighted by Crippen LogP contribution is -2.14. The number of hydrogen-bond donors (Lipinski definition) is 0. The van der Waals surface area contributed by atoms with Crippen molar-refractivity contribution < 1.29 is 4.74 Å². The van der Waals surface area contributed by atoms with Crippen LogP contribution in [0.15, 0.2) is 42.0 Å². The van der Waals surface area contributed by atoms with Gasteiger partial charge in [0, 0.05) is 6.61 Å². The molecule has 0 aliphatic carbocycles. The average molecular weight is 260 g/mol. The second-order valence-electron chi connectivity index (χ2n) is 6.27. The molecule has 0 saturated heterocycles. The van der Waals surface area contributed by atoms with Crippen LogP contribution >= 0.6 is 0 Å². The lowest BCUT2D eigenvalue weighted by Gasteiger charge is -2.24. The Balaban J connectivity index is 2.18. The van der Waals surface area contributed by atoms with Crippen LogP contribution in [0.25, 0.3) is 0 Å². The van der Waals surface area contributed by atoms with Gasteiger partial charge in [0.15, 0.2) is 0 Å². The molecule has 1 aromatic rings. The van der Waals surface area contributed by atoms with Gasteiger partial charge in [-0.15, -0.1) is 0 Å². The van der Waals surface area contributed by atoms with E-state index in [1.165, 1.54) is 24.0 Å². The summed E-state index contributed by atoms with van der Waals surface area (Å²) in [6.07, 6.45) is 5.85. The van der Waals surface area contributed by atoms with Gasteiger partial charge in [-0.25, -0.2) is 0 Å². The van der Waals surface area contributed by atoms with Gasteiger partial charge < -0.3 is 4.74 Å². The lowest BCUT2D eigenvalue weighted by molar-refractivity contribution is 0.0900. The highest BCUT2D eigenvalue weighted by Gasteiger charge is 2.16. The van der Waals surface area contributed by atoms with Crippen LogP contribution in [0.3, 0.4) is 0 Å². The van der Waals surface area contributed by atoms with Crippen molar-refractivity contribution in [1.82, 2.24) is 0 Å². The van der Waals surface area contributed by atoms with Crippen LogP contribution < -0.4 is 0 Å². The van der Waals surface area contributed by atoms with Gasteiger partial charge in [0.25, 0.3) is 0 Å². The predicted octanol–water partition coefficient (Wildman–Crippen LogP) is 5.37. The Labute approximate surface area is 118 Å². The quantitative estimate of drug-likeness (QED) is 0.451. The maximum atomic E-state index is 5.77. The summed E-state index contributed by atoms with van der Waals surface area (Å²) in [5.74, 6) is 0. The topological polar surface area (TPSA) is 9.23 Å². The molecule has 19 heavy (non-hydrogen) atoms. The third kappa shape index (κ3) is 7.84. The summed E-state index contributed by atoms with van der Waals surface area (Å²) < 4.78 is 5.77. The predicted molar refractivity (Wildman–Crippen MR) is 83.2 cm³/mol. The van der Waals surface area contributed by atoms with Crippen LogP contribution in [0.1, 0.15) is 52.5 Å². The fourth-order valence-corrected chi connectivity index (χ4v) is 1.99. The van der Waals surface area contributed by atoms with Crippen LogP contribution in [0.4, 0.5) is 0 Å². The minimum Gasteiger partial charge on any atom is -0.377 e. The summed E-state index contributed by atoms with van der Waals surface area (Å²) in [4.78, 5) is 0. The smallest absolute Gasteiger partial charge is 0.0716 e. The molecule has 0 radical (unpaired) electrons. The standard InChI is InChI=1S/C18H28O/c1-16(2)9-8-12-18(3,4)13-14-19-15-17-10-6-5-7-11-17/h5-7,9-11H,8,12-15H2,1-4H3. The molecule has 1 heteroatoms. The van der Waals surface area contributed by atoms with E-state index in [1.54, 1.807) is 0 Å². The van der Waals surface area contributed by atoms with E-state index in [9.17, 15) is 0 Å². The molecule has 0 bridgehead atoms. The fraction of sp³-hybridized carbons (Fsp3) is 0.556. The molecular weight excluding hydrogens is 232 g/mol. The van der Waals surface area contributed by atoms with Gasteiger partial charge in [-0.2, -0.15) is 0 Å². The molecule has 0 unspecified atom stereocenters. The zero-order chi connectivity index (χ0) is 14.1. The van der Waals surface area contributed by atoms with Crippen LogP contribution in [0, 0.1) is 5.41 Å². The first-order valence-electron chi connectivity index (χ1n) is 7.25. The summed E-state index contributed by atoms with van der Waals surface area (Å²) in [6.45, 7) is 10.6. The monoisotopic (exact) mass is 260 g/mol. The van der Waals surface area contributed by atoms with Crippen molar-refractivity contribution in [2.45, 2.75) is 53.6 Å². The Morgan fingerprint density at radius 1 is 1.11 bits per heavy atom. The van der Waals surface area contributed by atoms with E-state index < -0.39 is 0 Å². The maximum Gasteiger partial charge on any atom is 0.0716 e. The van der Waals surface area contributed by atoms with Crippen molar-refractivity contribution >= 4 is 0 Å². The first-order chi connectivity index (χ1) is 8.99. The van der Waals surface area contributed by atoms with Crippen LogP contribution in [0.2, 0.25) is 0 Å². The Hall–Kier alpha value is -1.08. The highest BCUT2D eigenvalue weighted by molar-refractivity contribution is 5.13. The lowest BCUT2D eigenvalue weighted by atomic mass is 9.84. The van der Waals surface area contributed by atoms with Gasteiger partial charge >= 0.3 is 0 Å². The van der Waals surface area contributed by atoms with Crippen LogP contribution in [-0.4, -0.2) is 6.61 Å². The van der Waals surface area contributed by atoms with Crippen LogP contribution in [0.5, 0.6) is 0 Å². The molecule has 0 aliphatic rings. The van der Waals surface area contributed by atoms with Crippen molar-refractivity contribution in [2.24, 2.45) is 5.41 Å². The molecule has 0 aliphatic heterocycles. The van der Waals surface area contributed by atoms with Crippen molar-refractivity contribution in [3.63, 3.8) is 0 Å². The molecule has 0 fully saturated rings. The molecule has 0 heterocycles. The molecule has 106 valence electrons. The van der Waals surface area contributed by atoms with Crippen molar-refractivity contribution in [3.05, 3.63) is 47.5 Å². The Morgan fingerprint density at radius 3 is 2.42 bits per heavy atom. The minimum atomic E-state index is 0.364. The third-order valence-corrected chi connectivity index (χ3v) is 3.41. The van der Waals surface area contributed by atoms with E-state index in [4.69, 9.17) is 4.74 Å². The zero-order valence-electron chi connectivity index (χ0n) is 12.9. The molecule has 1 nitrogen and oxygen atoms in total. The Morgan fingerprint density at radius 2 is 1.79 bits per heavy atom. The van der Waals surface area contributed by atoms with E-state index in [0.29, 0.717) is 5.41 Å². The van der Waals surface area contributed by atoms with Gasteiger partial charge in [0.1, 0.15) is 0 Å². The molecule has 0 amide bonds. The number of allylic oxidation sites excluding steroid dienone is 2. The summed E-state index contributed by atoms with van der Waals surface area (Å²) in [6, 6.07) is 10.4. The summed E-state index contributed by atoms with van der Waals surface area (Å²) >= 11 is 0. The first-order valence-corrected chi connectivity index (χ1v) is 7.25. The largest absolute Gasteiger partial charge is 0.377 e. The molecule has 0 N–H and O–H groups in total. The molecule has 0 saturated carbocycles. The summed E-state index contributed by atoms with van der Waals surface area (Å²) in [7, 11) is 0. The van der Waals surface area contributed by atoms with E-state index >= 15 is 0 Å². The number of rotatable bonds is 8.